The Balaban J connectivity index is 1.44. The summed E-state index contributed by atoms with van der Waals surface area (Å²) < 4.78 is 1.73. The van der Waals surface area contributed by atoms with Crippen LogP contribution in [0.5, 0.6) is 0 Å². The predicted molar refractivity (Wildman–Crippen MR) is 95.6 cm³/mol. The fraction of sp³-hybridized carbons (Fsp3) is 0.474. The minimum Gasteiger partial charge on any atom is -0.349 e. The van der Waals surface area contributed by atoms with E-state index in [0.717, 1.165) is 31.4 Å². The highest BCUT2D eigenvalue weighted by Crippen LogP contribution is 2.36. The molecule has 0 saturated carbocycles. The molecular formula is C19H23N5O2. The van der Waals surface area contributed by atoms with Gasteiger partial charge in [0.2, 0.25) is 0 Å². The van der Waals surface area contributed by atoms with Gasteiger partial charge in [0.25, 0.3) is 11.8 Å². The van der Waals surface area contributed by atoms with Crippen molar-refractivity contribution in [3.63, 3.8) is 0 Å². The van der Waals surface area contributed by atoms with Crippen LogP contribution in [0.4, 0.5) is 0 Å². The molecule has 26 heavy (non-hydrogen) atoms. The molecule has 0 radical (unpaired) electrons. The summed E-state index contributed by atoms with van der Waals surface area (Å²) in [6, 6.07) is 5.72. The molecule has 2 atom stereocenters. The number of nitrogens with zero attached hydrogens (tertiary/aromatic N) is 4. The first-order chi connectivity index (χ1) is 12.5. The van der Waals surface area contributed by atoms with Crippen LogP contribution in [0, 0.1) is 6.92 Å². The largest absolute Gasteiger partial charge is 0.349 e. The van der Waals surface area contributed by atoms with Crippen LogP contribution >= 0.6 is 0 Å². The number of aromatic nitrogens is 3. The monoisotopic (exact) mass is 353 g/mol. The molecule has 2 aliphatic rings. The molecular weight excluding hydrogens is 330 g/mol. The lowest BCUT2D eigenvalue weighted by Crippen LogP contribution is -2.52. The van der Waals surface area contributed by atoms with Gasteiger partial charge < -0.3 is 10.2 Å². The first-order valence-electron chi connectivity index (χ1n) is 9.07. The van der Waals surface area contributed by atoms with E-state index >= 15 is 0 Å². The summed E-state index contributed by atoms with van der Waals surface area (Å²) in [5.41, 5.74) is 2.11. The van der Waals surface area contributed by atoms with E-state index in [2.05, 4.69) is 15.4 Å². The second-order valence-corrected chi connectivity index (χ2v) is 7.27. The number of hydrogen-bond acceptors (Lipinski definition) is 4. The van der Waals surface area contributed by atoms with Crippen LogP contribution < -0.4 is 5.32 Å². The lowest BCUT2D eigenvalue weighted by Gasteiger charge is -2.38. The number of carbonyl (C=O) groups excluding carboxylic acids is 2. The molecule has 4 rings (SSSR count). The van der Waals surface area contributed by atoms with E-state index in [4.69, 9.17) is 0 Å². The minimum absolute atomic E-state index is 0.0140. The van der Waals surface area contributed by atoms with Crippen LogP contribution in [0.25, 0.3) is 0 Å². The van der Waals surface area contributed by atoms with Crippen molar-refractivity contribution in [3.8, 4) is 0 Å². The molecule has 2 aromatic heterocycles. The second-order valence-electron chi connectivity index (χ2n) is 7.27. The number of piperidine rings is 1. The van der Waals surface area contributed by atoms with Gasteiger partial charge in [-0.25, -0.2) is 0 Å². The van der Waals surface area contributed by atoms with Crippen molar-refractivity contribution in [2.24, 2.45) is 7.05 Å². The first-order valence-corrected chi connectivity index (χ1v) is 9.07. The van der Waals surface area contributed by atoms with Gasteiger partial charge in [-0.1, -0.05) is 0 Å². The molecule has 0 spiro atoms. The SMILES string of the molecule is Cc1cc(C(=O)N2C3CCC2CC(NC(=O)c2ccncc2)C3)nn1C. The lowest BCUT2D eigenvalue weighted by molar-refractivity contribution is 0.0543. The number of amides is 2. The van der Waals surface area contributed by atoms with E-state index in [9.17, 15) is 9.59 Å². The van der Waals surface area contributed by atoms with Crippen LogP contribution in [-0.4, -0.2) is 49.6 Å². The van der Waals surface area contributed by atoms with E-state index < -0.39 is 0 Å². The van der Waals surface area contributed by atoms with Gasteiger partial charge in [-0.3, -0.25) is 19.3 Å². The predicted octanol–water partition coefficient (Wildman–Crippen LogP) is 1.69. The van der Waals surface area contributed by atoms with E-state index in [1.807, 2.05) is 24.9 Å². The smallest absolute Gasteiger partial charge is 0.274 e. The van der Waals surface area contributed by atoms with Gasteiger partial charge >= 0.3 is 0 Å². The summed E-state index contributed by atoms with van der Waals surface area (Å²) >= 11 is 0. The third-order valence-electron chi connectivity index (χ3n) is 5.58. The number of carbonyl (C=O) groups is 2. The fourth-order valence-corrected chi connectivity index (χ4v) is 4.20. The summed E-state index contributed by atoms with van der Waals surface area (Å²) in [5, 5.41) is 7.46. The third kappa shape index (κ3) is 2.98. The topological polar surface area (TPSA) is 80.1 Å². The molecule has 2 bridgehead atoms. The van der Waals surface area contributed by atoms with E-state index in [1.54, 1.807) is 29.2 Å². The molecule has 2 aliphatic heterocycles. The summed E-state index contributed by atoms with van der Waals surface area (Å²) in [6.45, 7) is 1.94. The van der Waals surface area contributed by atoms with Gasteiger partial charge in [-0.05, 0) is 50.8 Å². The van der Waals surface area contributed by atoms with Crippen molar-refractivity contribution in [3.05, 3.63) is 47.5 Å². The Morgan fingerprint density at radius 2 is 1.81 bits per heavy atom. The summed E-state index contributed by atoms with van der Waals surface area (Å²) in [7, 11) is 1.85. The maximum absolute atomic E-state index is 12.9. The van der Waals surface area contributed by atoms with Gasteiger partial charge in [0.15, 0.2) is 5.69 Å². The Morgan fingerprint density at radius 3 is 2.38 bits per heavy atom. The molecule has 7 nitrogen and oxygen atoms in total. The molecule has 2 aromatic rings. The average molecular weight is 353 g/mol. The van der Waals surface area contributed by atoms with Crippen molar-refractivity contribution in [1.29, 1.82) is 0 Å². The molecule has 1 N–H and O–H groups in total. The Hall–Kier alpha value is -2.70. The highest BCUT2D eigenvalue weighted by molar-refractivity contribution is 5.94. The summed E-state index contributed by atoms with van der Waals surface area (Å²) in [5.74, 6) is -0.0583. The van der Waals surface area contributed by atoms with E-state index in [1.165, 1.54) is 0 Å². The van der Waals surface area contributed by atoms with Gasteiger partial charge in [0, 0.05) is 48.8 Å². The van der Waals surface area contributed by atoms with Crippen molar-refractivity contribution in [2.45, 2.75) is 50.7 Å². The first kappa shape index (κ1) is 16.8. The molecule has 2 unspecified atom stereocenters. The Bertz CT molecular complexity index is 798. The van der Waals surface area contributed by atoms with E-state index in [-0.39, 0.29) is 29.9 Å². The maximum atomic E-state index is 12.9. The zero-order chi connectivity index (χ0) is 18.3. The van der Waals surface area contributed by atoms with Crippen molar-refractivity contribution >= 4 is 11.8 Å². The number of fused-ring (bicyclic) bond motifs is 2. The highest BCUT2D eigenvalue weighted by atomic mass is 16.2. The molecule has 0 aromatic carbocycles. The molecule has 2 saturated heterocycles. The van der Waals surface area contributed by atoms with Gasteiger partial charge in [0.1, 0.15) is 0 Å². The van der Waals surface area contributed by atoms with Crippen LogP contribution in [0.3, 0.4) is 0 Å². The third-order valence-corrected chi connectivity index (χ3v) is 5.58. The zero-order valence-electron chi connectivity index (χ0n) is 15.1. The Morgan fingerprint density at radius 1 is 1.15 bits per heavy atom. The van der Waals surface area contributed by atoms with Gasteiger partial charge in [0.05, 0.1) is 0 Å². The van der Waals surface area contributed by atoms with Crippen molar-refractivity contribution in [2.75, 3.05) is 0 Å². The molecule has 136 valence electrons. The Kier molecular flexibility index (Phi) is 4.22. The number of aryl methyl sites for hydroxylation is 2. The number of rotatable bonds is 3. The Labute approximate surface area is 152 Å². The molecule has 7 heteroatoms. The average Bonchev–Trinajstić information content (AvgIpc) is 3.11. The van der Waals surface area contributed by atoms with Gasteiger partial charge in [-0.15, -0.1) is 0 Å². The quantitative estimate of drug-likeness (QED) is 0.911. The fourth-order valence-electron chi connectivity index (χ4n) is 4.20. The van der Waals surface area contributed by atoms with Crippen molar-refractivity contribution in [1.82, 2.24) is 25.0 Å². The van der Waals surface area contributed by atoms with Gasteiger partial charge in [-0.2, -0.15) is 5.10 Å². The van der Waals surface area contributed by atoms with Crippen LogP contribution in [-0.2, 0) is 7.05 Å². The van der Waals surface area contributed by atoms with Crippen LogP contribution in [0.15, 0.2) is 30.6 Å². The number of hydrogen-bond donors (Lipinski definition) is 1. The molecule has 0 aliphatic carbocycles. The number of nitrogens with one attached hydrogen (secondary N) is 1. The normalized spacial score (nSPS) is 24.5. The second kappa shape index (κ2) is 6.55. The molecule has 4 heterocycles. The molecule has 2 amide bonds. The highest BCUT2D eigenvalue weighted by Gasteiger charge is 2.44. The summed E-state index contributed by atoms with van der Waals surface area (Å²) in [4.78, 5) is 31.3. The lowest BCUT2D eigenvalue weighted by atomic mass is 9.96. The number of pyridine rings is 1. The molecule has 2 fully saturated rings. The standard InChI is InChI=1S/C19H23N5O2/c1-12-9-17(22-23(12)2)19(26)24-15-3-4-16(24)11-14(10-15)21-18(25)13-5-7-20-8-6-13/h5-9,14-16H,3-4,10-11H2,1-2H3,(H,21,25). The maximum Gasteiger partial charge on any atom is 0.274 e. The van der Waals surface area contributed by atoms with Crippen molar-refractivity contribution < 1.29 is 9.59 Å². The minimum atomic E-state index is -0.0723. The van der Waals surface area contributed by atoms with Crippen LogP contribution in [0.2, 0.25) is 0 Å². The summed E-state index contributed by atoms with van der Waals surface area (Å²) in [6.07, 6.45) is 6.81. The van der Waals surface area contributed by atoms with E-state index in [0.29, 0.717) is 11.3 Å². The van der Waals surface area contributed by atoms with Crippen LogP contribution in [0.1, 0.15) is 52.2 Å². The zero-order valence-corrected chi connectivity index (χ0v) is 15.1.